The SMILES string of the molecule is NS(=O)(=O)c1ccc2c(c1)C(C(=O)C(F)(F)F)NCC2. The minimum atomic E-state index is -5.00. The van der Waals surface area contributed by atoms with Crippen molar-refractivity contribution in [3.63, 3.8) is 0 Å². The Labute approximate surface area is 113 Å². The molecule has 0 amide bonds. The molecule has 5 nitrogen and oxygen atoms in total. The standard InChI is InChI=1S/C11H11F3N2O3S/c12-11(13,14)10(17)9-8-5-7(20(15,18)19)2-1-6(8)3-4-16-9/h1-2,5,9,16H,3-4H2,(H2,15,18,19). The number of nitrogens with one attached hydrogen (secondary N) is 1. The maximum Gasteiger partial charge on any atom is 0.452 e. The van der Waals surface area contributed by atoms with Crippen LogP contribution in [0, 0.1) is 0 Å². The lowest BCUT2D eigenvalue weighted by Crippen LogP contribution is -2.41. The van der Waals surface area contributed by atoms with Crippen LogP contribution in [0.25, 0.3) is 0 Å². The van der Waals surface area contributed by atoms with Gasteiger partial charge in [0.15, 0.2) is 0 Å². The zero-order valence-electron chi connectivity index (χ0n) is 10.1. The van der Waals surface area contributed by atoms with Gasteiger partial charge in [0.1, 0.15) is 6.04 Å². The van der Waals surface area contributed by atoms with Crippen LogP contribution in [-0.2, 0) is 21.2 Å². The van der Waals surface area contributed by atoms with Crippen molar-refractivity contribution < 1.29 is 26.4 Å². The van der Waals surface area contributed by atoms with E-state index in [1.54, 1.807) is 0 Å². The molecule has 2 rings (SSSR count). The molecular weight excluding hydrogens is 297 g/mol. The zero-order valence-corrected chi connectivity index (χ0v) is 10.9. The van der Waals surface area contributed by atoms with E-state index in [9.17, 15) is 26.4 Å². The van der Waals surface area contributed by atoms with Gasteiger partial charge in [0.25, 0.3) is 5.78 Å². The number of alkyl halides is 3. The molecule has 1 aliphatic heterocycles. The van der Waals surface area contributed by atoms with Gasteiger partial charge in [-0.15, -0.1) is 0 Å². The molecule has 20 heavy (non-hydrogen) atoms. The van der Waals surface area contributed by atoms with Crippen molar-refractivity contribution >= 4 is 15.8 Å². The van der Waals surface area contributed by atoms with Crippen LogP contribution in [0.3, 0.4) is 0 Å². The predicted molar refractivity (Wildman–Crippen MR) is 63.3 cm³/mol. The fourth-order valence-corrected chi connectivity index (χ4v) is 2.65. The third kappa shape index (κ3) is 2.84. The van der Waals surface area contributed by atoms with E-state index in [4.69, 9.17) is 5.14 Å². The molecule has 9 heteroatoms. The highest BCUT2D eigenvalue weighted by Gasteiger charge is 2.45. The number of nitrogens with two attached hydrogens (primary N) is 1. The van der Waals surface area contributed by atoms with E-state index in [0.29, 0.717) is 12.0 Å². The molecular formula is C11H11F3N2O3S. The van der Waals surface area contributed by atoms with Gasteiger partial charge in [0, 0.05) is 6.54 Å². The third-order valence-electron chi connectivity index (χ3n) is 3.04. The number of hydrogen-bond acceptors (Lipinski definition) is 4. The number of fused-ring (bicyclic) bond motifs is 1. The summed E-state index contributed by atoms with van der Waals surface area (Å²) in [5.74, 6) is -1.95. The number of Topliss-reactive ketones (excluding diaryl/α,β-unsaturated/α-hetero) is 1. The number of halogens is 3. The van der Waals surface area contributed by atoms with Crippen LogP contribution in [0.2, 0.25) is 0 Å². The molecule has 0 bridgehead atoms. The average Bonchev–Trinajstić information content (AvgIpc) is 2.34. The maximum atomic E-state index is 12.5. The maximum absolute atomic E-state index is 12.5. The second kappa shape index (κ2) is 4.83. The van der Waals surface area contributed by atoms with Crippen LogP contribution in [-0.4, -0.2) is 26.9 Å². The predicted octanol–water partition coefficient (Wildman–Crippen LogP) is 0.652. The number of ketones is 1. The number of sulfonamides is 1. The summed E-state index contributed by atoms with van der Waals surface area (Å²) in [4.78, 5) is 11.1. The second-order valence-electron chi connectivity index (χ2n) is 4.40. The summed E-state index contributed by atoms with van der Waals surface area (Å²) in [6.45, 7) is 0.203. The highest BCUT2D eigenvalue weighted by atomic mass is 32.2. The molecule has 3 N–H and O–H groups in total. The van der Waals surface area contributed by atoms with Crippen LogP contribution in [0.5, 0.6) is 0 Å². The van der Waals surface area contributed by atoms with E-state index in [2.05, 4.69) is 5.32 Å². The van der Waals surface area contributed by atoms with Crippen molar-refractivity contribution in [2.75, 3.05) is 6.54 Å². The Balaban J connectivity index is 2.52. The van der Waals surface area contributed by atoms with Gasteiger partial charge in [-0.25, -0.2) is 13.6 Å². The Bertz CT molecular complexity index is 655. The minimum Gasteiger partial charge on any atom is -0.303 e. The van der Waals surface area contributed by atoms with Crippen LogP contribution >= 0.6 is 0 Å². The van der Waals surface area contributed by atoms with E-state index in [1.165, 1.54) is 12.1 Å². The van der Waals surface area contributed by atoms with Crippen molar-refractivity contribution in [3.05, 3.63) is 29.3 Å². The molecule has 1 heterocycles. The van der Waals surface area contributed by atoms with Gasteiger partial charge in [-0.2, -0.15) is 13.2 Å². The van der Waals surface area contributed by atoms with Crippen LogP contribution in [0.1, 0.15) is 17.2 Å². The van der Waals surface area contributed by atoms with E-state index < -0.39 is 28.0 Å². The van der Waals surface area contributed by atoms with Crippen molar-refractivity contribution in [2.24, 2.45) is 5.14 Å². The first kappa shape index (κ1) is 14.9. The first-order valence-corrected chi connectivity index (χ1v) is 7.15. The van der Waals surface area contributed by atoms with Gasteiger partial charge in [0.2, 0.25) is 10.0 Å². The van der Waals surface area contributed by atoms with Crippen LogP contribution < -0.4 is 10.5 Å². The first-order chi connectivity index (χ1) is 9.10. The molecule has 0 saturated carbocycles. The number of carbonyl (C=O) groups excluding carboxylic acids is 1. The Morgan fingerprint density at radius 1 is 1.35 bits per heavy atom. The van der Waals surface area contributed by atoms with Crippen molar-refractivity contribution in [1.82, 2.24) is 5.32 Å². The Hall–Kier alpha value is -1.45. The lowest BCUT2D eigenvalue weighted by Gasteiger charge is -2.26. The van der Waals surface area contributed by atoms with Crippen molar-refractivity contribution in [3.8, 4) is 0 Å². The molecule has 1 unspecified atom stereocenters. The van der Waals surface area contributed by atoms with Gasteiger partial charge in [-0.1, -0.05) is 6.07 Å². The summed E-state index contributed by atoms with van der Waals surface area (Å²) in [5, 5.41) is 7.40. The van der Waals surface area contributed by atoms with Crippen molar-refractivity contribution in [2.45, 2.75) is 23.5 Å². The second-order valence-corrected chi connectivity index (χ2v) is 5.97. The van der Waals surface area contributed by atoms with Gasteiger partial charge in [-0.3, -0.25) is 4.79 Å². The largest absolute Gasteiger partial charge is 0.452 e. The zero-order chi connectivity index (χ0) is 15.1. The molecule has 0 aromatic heterocycles. The van der Waals surface area contributed by atoms with Crippen LogP contribution in [0.15, 0.2) is 23.1 Å². The molecule has 0 aliphatic carbocycles. The molecule has 1 aromatic carbocycles. The summed E-state index contributed by atoms with van der Waals surface area (Å²) in [7, 11) is -4.04. The third-order valence-corrected chi connectivity index (χ3v) is 3.95. The molecule has 110 valence electrons. The highest BCUT2D eigenvalue weighted by Crippen LogP contribution is 2.31. The Morgan fingerprint density at radius 3 is 2.55 bits per heavy atom. The van der Waals surface area contributed by atoms with E-state index in [0.717, 1.165) is 6.07 Å². The first-order valence-electron chi connectivity index (χ1n) is 5.61. The smallest absolute Gasteiger partial charge is 0.303 e. The minimum absolute atomic E-state index is 0.00472. The molecule has 1 aliphatic rings. The normalized spacial score (nSPS) is 19.5. The summed E-state index contributed by atoms with van der Waals surface area (Å²) < 4.78 is 60.1. The monoisotopic (exact) mass is 308 g/mol. The fourth-order valence-electron chi connectivity index (χ4n) is 2.11. The topological polar surface area (TPSA) is 89.3 Å². The number of carbonyl (C=O) groups is 1. The molecule has 0 spiro atoms. The molecule has 0 radical (unpaired) electrons. The Kier molecular flexibility index (Phi) is 3.61. The van der Waals surface area contributed by atoms with Crippen LogP contribution in [0.4, 0.5) is 13.2 Å². The van der Waals surface area contributed by atoms with Gasteiger partial charge < -0.3 is 5.32 Å². The van der Waals surface area contributed by atoms with Gasteiger partial charge in [0.05, 0.1) is 4.90 Å². The summed E-state index contributed by atoms with van der Waals surface area (Å²) >= 11 is 0. The van der Waals surface area contributed by atoms with E-state index in [-0.39, 0.29) is 17.0 Å². The number of hydrogen-bond donors (Lipinski definition) is 2. The Morgan fingerprint density at radius 2 is 2.00 bits per heavy atom. The van der Waals surface area contributed by atoms with Gasteiger partial charge in [-0.05, 0) is 29.7 Å². The lowest BCUT2D eigenvalue weighted by molar-refractivity contribution is -0.173. The lowest BCUT2D eigenvalue weighted by atomic mass is 9.92. The van der Waals surface area contributed by atoms with E-state index >= 15 is 0 Å². The molecule has 0 fully saturated rings. The quantitative estimate of drug-likeness (QED) is 0.839. The van der Waals surface area contributed by atoms with Crippen molar-refractivity contribution in [1.29, 1.82) is 0 Å². The number of rotatable bonds is 2. The average molecular weight is 308 g/mol. The number of benzene rings is 1. The highest BCUT2D eigenvalue weighted by molar-refractivity contribution is 7.89. The summed E-state index contributed by atoms with van der Waals surface area (Å²) in [5.41, 5.74) is 0.504. The number of primary sulfonamides is 1. The fraction of sp³-hybridized carbons (Fsp3) is 0.364. The van der Waals surface area contributed by atoms with Gasteiger partial charge >= 0.3 is 6.18 Å². The summed E-state index contributed by atoms with van der Waals surface area (Å²) in [6, 6.07) is 2.02. The molecule has 0 saturated heterocycles. The molecule has 1 aromatic rings. The molecule has 1 atom stereocenters. The van der Waals surface area contributed by atoms with E-state index in [1.807, 2.05) is 0 Å². The summed E-state index contributed by atoms with van der Waals surface area (Å²) in [6.07, 6.45) is -4.59.